The van der Waals surface area contributed by atoms with Crippen molar-refractivity contribution in [1.29, 1.82) is 5.26 Å². The highest BCUT2D eigenvalue weighted by Gasteiger charge is 2.09. The van der Waals surface area contributed by atoms with Crippen LogP contribution in [0, 0.1) is 10.7 Å². The fourth-order valence-electron chi connectivity index (χ4n) is 1.03. The average Bonchev–Trinajstić information content (AvgIpc) is 2.18. The van der Waals surface area contributed by atoms with Gasteiger partial charge in [0.2, 0.25) is 0 Å². The van der Waals surface area contributed by atoms with Crippen LogP contribution >= 0.6 is 11.8 Å². The fraction of sp³-hybridized carbons (Fsp3) is 0.111. The first kappa shape index (κ1) is 10.4. The lowest BCUT2D eigenvalue weighted by molar-refractivity contribution is 0.0697. The average molecular weight is 208 g/mol. The van der Waals surface area contributed by atoms with E-state index in [0.717, 1.165) is 11.8 Å². The Bertz CT molecular complexity index is 398. The lowest BCUT2D eigenvalue weighted by atomic mass is 10.2. The molecule has 1 rings (SSSR count). The summed E-state index contributed by atoms with van der Waals surface area (Å²) in [5, 5.41) is 21.9. The molecule has 1 aromatic rings. The highest BCUT2D eigenvalue weighted by molar-refractivity contribution is 8.03. The van der Waals surface area contributed by atoms with E-state index >= 15 is 0 Å². The van der Waals surface area contributed by atoms with Gasteiger partial charge in [0.05, 0.1) is 5.56 Å². The number of anilines is 1. The van der Waals surface area contributed by atoms with E-state index in [2.05, 4.69) is 5.32 Å². The van der Waals surface area contributed by atoms with Gasteiger partial charge in [0.15, 0.2) is 0 Å². The molecule has 1 aromatic carbocycles. The van der Waals surface area contributed by atoms with Crippen LogP contribution < -0.4 is 5.32 Å². The summed E-state index contributed by atoms with van der Waals surface area (Å²) in [6.07, 6.45) is 0. The zero-order valence-corrected chi connectivity index (χ0v) is 8.26. The van der Waals surface area contributed by atoms with Crippen LogP contribution in [0.4, 0.5) is 5.69 Å². The Morgan fingerprint density at radius 1 is 1.64 bits per heavy atom. The molecule has 0 heterocycles. The number of nitrogens with zero attached hydrogens (tertiary/aromatic N) is 1. The van der Waals surface area contributed by atoms with Gasteiger partial charge in [-0.2, -0.15) is 5.26 Å². The van der Waals surface area contributed by atoms with E-state index in [1.54, 1.807) is 19.2 Å². The predicted octanol–water partition coefficient (Wildman–Crippen LogP) is 2.00. The summed E-state index contributed by atoms with van der Waals surface area (Å²) in [6, 6.07) is 4.82. The molecule has 0 fully saturated rings. The first-order valence-electron chi connectivity index (χ1n) is 3.80. The zero-order valence-electron chi connectivity index (χ0n) is 7.44. The maximum atomic E-state index is 10.8. The van der Waals surface area contributed by atoms with Gasteiger partial charge in [-0.1, -0.05) is 0 Å². The van der Waals surface area contributed by atoms with Gasteiger partial charge in [-0.05, 0) is 30.0 Å². The van der Waals surface area contributed by atoms with Crippen LogP contribution in [0.15, 0.2) is 23.1 Å². The molecule has 2 N–H and O–H groups in total. The number of carboxylic acids is 1. The Hall–Kier alpha value is -1.67. The molecule has 0 saturated heterocycles. The highest BCUT2D eigenvalue weighted by Crippen LogP contribution is 2.23. The minimum atomic E-state index is -1.00. The second kappa shape index (κ2) is 4.53. The smallest absolute Gasteiger partial charge is 0.337 e. The Balaban J connectivity index is 3.15. The Morgan fingerprint density at radius 3 is 2.86 bits per heavy atom. The molecule has 4 nitrogen and oxygen atoms in total. The summed E-state index contributed by atoms with van der Waals surface area (Å²) < 4.78 is 0. The summed E-state index contributed by atoms with van der Waals surface area (Å²) in [7, 11) is 1.65. The van der Waals surface area contributed by atoms with Crippen LogP contribution in [0.1, 0.15) is 10.4 Å². The molecule has 5 heteroatoms. The summed E-state index contributed by atoms with van der Waals surface area (Å²) in [6.45, 7) is 0. The molecule has 0 atom stereocenters. The van der Waals surface area contributed by atoms with E-state index in [1.807, 2.05) is 5.40 Å². The van der Waals surface area contributed by atoms with Crippen LogP contribution in [0.5, 0.6) is 0 Å². The third-order valence-electron chi connectivity index (χ3n) is 1.65. The van der Waals surface area contributed by atoms with Crippen molar-refractivity contribution in [3.8, 4) is 5.40 Å². The number of carbonyl (C=O) groups is 1. The maximum Gasteiger partial charge on any atom is 0.337 e. The van der Waals surface area contributed by atoms with Gasteiger partial charge in [-0.15, -0.1) is 0 Å². The highest BCUT2D eigenvalue weighted by atomic mass is 32.2. The second-order valence-corrected chi connectivity index (χ2v) is 3.31. The summed E-state index contributed by atoms with van der Waals surface area (Å²) in [5.74, 6) is -1.00. The van der Waals surface area contributed by atoms with Gasteiger partial charge < -0.3 is 10.4 Å². The van der Waals surface area contributed by atoms with Gasteiger partial charge in [-0.25, -0.2) is 4.79 Å². The van der Waals surface area contributed by atoms with Crippen molar-refractivity contribution in [3.63, 3.8) is 0 Å². The number of nitriles is 1. The van der Waals surface area contributed by atoms with Crippen molar-refractivity contribution in [1.82, 2.24) is 0 Å². The zero-order chi connectivity index (χ0) is 10.6. The van der Waals surface area contributed by atoms with Crippen LogP contribution in [-0.4, -0.2) is 18.1 Å². The topological polar surface area (TPSA) is 73.1 Å². The molecule has 0 unspecified atom stereocenters. The first-order valence-corrected chi connectivity index (χ1v) is 4.61. The standard InChI is InChI=1S/C9H8N2O2S/c1-11-8-3-2-6(14-5-10)4-7(8)9(12)13/h2-4,11H,1H3,(H,12,13). The Labute approximate surface area is 85.5 Å². The number of thiocyanates is 1. The maximum absolute atomic E-state index is 10.8. The summed E-state index contributed by atoms with van der Waals surface area (Å²) in [5.41, 5.74) is 0.715. The molecule has 0 amide bonds. The van der Waals surface area contributed by atoms with E-state index in [1.165, 1.54) is 6.07 Å². The number of hydrogen-bond donors (Lipinski definition) is 2. The van der Waals surface area contributed by atoms with Crippen molar-refractivity contribution in [3.05, 3.63) is 23.8 Å². The van der Waals surface area contributed by atoms with E-state index in [0.29, 0.717) is 10.6 Å². The van der Waals surface area contributed by atoms with Crippen LogP contribution in [0.3, 0.4) is 0 Å². The van der Waals surface area contributed by atoms with E-state index in [9.17, 15) is 4.79 Å². The molecule has 0 spiro atoms. The monoisotopic (exact) mass is 208 g/mol. The molecule has 0 aliphatic rings. The van der Waals surface area contributed by atoms with Gasteiger partial charge >= 0.3 is 5.97 Å². The number of aromatic carboxylic acids is 1. The Morgan fingerprint density at radius 2 is 2.36 bits per heavy atom. The van der Waals surface area contributed by atoms with E-state index < -0.39 is 5.97 Å². The van der Waals surface area contributed by atoms with Crippen LogP contribution in [0.25, 0.3) is 0 Å². The van der Waals surface area contributed by atoms with Gasteiger partial charge in [0.25, 0.3) is 0 Å². The largest absolute Gasteiger partial charge is 0.478 e. The second-order valence-electron chi connectivity index (χ2n) is 2.46. The van der Waals surface area contributed by atoms with Crippen molar-refractivity contribution in [2.45, 2.75) is 4.90 Å². The molecule has 72 valence electrons. The lowest BCUT2D eigenvalue weighted by Gasteiger charge is -2.05. The summed E-state index contributed by atoms with van der Waals surface area (Å²) in [4.78, 5) is 11.4. The normalized spacial score (nSPS) is 9.14. The molecule has 0 aliphatic carbocycles. The third kappa shape index (κ3) is 2.18. The van der Waals surface area contributed by atoms with Crippen LogP contribution in [-0.2, 0) is 0 Å². The number of nitrogens with one attached hydrogen (secondary N) is 1. The number of carboxylic acid groups (broad SMARTS) is 1. The quantitative estimate of drug-likeness (QED) is 0.587. The fourth-order valence-corrected chi connectivity index (χ4v) is 1.45. The molecule has 0 saturated carbocycles. The van der Waals surface area contributed by atoms with Crippen molar-refractivity contribution >= 4 is 23.4 Å². The molecule has 0 aromatic heterocycles. The van der Waals surface area contributed by atoms with Crippen LogP contribution in [0.2, 0.25) is 0 Å². The number of thioether (sulfide) groups is 1. The predicted molar refractivity (Wildman–Crippen MR) is 54.4 cm³/mol. The first-order chi connectivity index (χ1) is 6.69. The minimum Gasteiger partial charge on any atom is -0.478 e. The van der Waals surface area contributed by atoms with Gasteiger partial charge in [-0.3, -0.25) is 0 Å². The number of rotatable bonds is 3. The number of benzene rings is 1. The molecule has 0 bridgehead atoms. The SMILES string of the molecule is CNc1ccc(SC#N)cc1C(=O)O. The molecule has 14 heavy (non-hydrogen) atoms. The van der Waals surface area contributed by atoms with Crippen molar-refractivity contribution in [2.75, 3.05) is 12.4 Å². The molecule has 0 radical (unpaired) electrons. The summed E-state index contributed by atoms with van der Waals surface area (Å²) >= 11 is 0.940. The van der Waals surface area contributed by atoms with Crippen molar-refractivity contribution in [2.24, 2.45) is 0 Å². The molecule has 0 aliphatic heterocycles. The third-order valence-corrected chi connectivity index (χ3v) is 2.24. The van der Waals surface area contributed by atoms with Crippen molar-refractivity contribution < 1.29 is 9.90 Å². The van der Waals surface area contributed by atoms with Gasteiger partial charge in [0.1, 0.15) is 5.40 Å². The van der Waals surface area contributed by atoms with E-state index in [4.69, 9.17) is 10.4 Å². The number of hydrogen-bond acceptors (Lipinski definition) is 4. The molecular formula is C9H8N2O2S. The lowest BCUT2D eigenvalue weighted by Crippen LogP contribution is -2.02. The Kier molecular flexibility index (Phi) is 3.37. The molecular weight excluding hydrogens is 200 g/mol. The van der Waals surface area contributed by atoms with E-state index in [-0.39, 0.29) is 5.56 Å². The minimum absolute atomic E-state index is 0.174. The van der Waals surface area contributed by atoms with Gasteiger partial charge in [0, 0.05) is 17.6 Å².